The normalized spacial score (nSPS) is 10.3. The van der Waals surface area contributed by atoms with Crippen molar-refractivity contribution in [3.8, 4) is 0 Å². The highest BCUT2D eigenvalue weighted by Crippen LogP contribution is 2.24. The van der Waals surface area contributed by atoms with E-state index in [9.17, 15) is 4.79 Å². The van der Waals surface area contributed by atoms with Gasteiger partial charge < -0.3 is 5.32 Å². The fourth-order valence-electron chi connectivity index (χ4n) is 1.77. The van der Waals surface area contributed by atoms with Crippen molar-refractivity contribution in [1.29, 1.82) is 0 Å². The van der Waals surface area contributed by atoms with Crippen LogP contribution in [0, 0.1) is 0 Å². The first-order valence-electron chi connectivity index (χ1n) is 6.19. The highest BCUT2D eigenvalue weighted by atomic mass is 79.9. The van der Waals surface area contributed by atoms with E-state index in [-0.39, 0.29) is 12.6 Å². The summed E-state index contributed by atoms with van der Waals surface area (Å²) in [6, 6.07) is 12.5. The molecule has 0 saturated heterocycles. The van der Waals surface area contributed by atoms with Gasteiger partial charge in [-0.15, -0.1) is 0 Å². The summed E-state index contributed by atoms with van der Waals surface area (Å²) in [4.78, 5) is 13.7. The third kappa shape index (κ3) is 4.13. The summed E-state index contributed by atoms with van der Waals surface area (Å²) in [5.74, 6) is 0. The molecule has 21 heavy (non-hydrogen) atoms. The van der Waals surface area contributed by atoms with Crippen LogP contribution in [-0.2, 0) is 6.54 Å². The van der Waals surface area contributed by atoms with Crippen LogP contribution in [0.1, 0.15) is 5.56 Å². The van der Waals surface area contributed by atoms with Crippen molar-refractivity contribution in [2.24, 2.45) is 0 Å². The molecule has 0 heterocycles. The van der Waals surface area contributed by atoms with Crippen LogP contribution in [0.15, 0.2) is 46.9 Å². The summed E-state index contributed by atoms with van der Waals surface area (Å²) in [5, 5.41) is 3.87. The molecule has 0 aliphatic heterocycles. The van der Waals surface area contributed by atoms with Crippen LogP contribution < -0.4 is 10.2 Å². The van der Waals surface area contributed by atoms with E-state index in [1.165, 1.54) is 4.90 Å². The van der Waals surface area contributed by atoms with Gasteiger partial charge in [0.1, 0.15) is 0 Å². The number of carbonyl (C=O) groups excluding carboxylic acids is 1. The quantitative estimate of drug-likeness (QED) is 0.780. The maximum absolute atomic E-state index is 12.1. The van der Waals surface area contributed by atoms with E-state index in [0.717, 1.165) is 10.2 Å². The van der Waals surface area contributed by atoms with Crippen molar-refractivity contribution in [2.75, 3.05) is 11.9 Å². The molecule has 0 fully saturated rings. The second-order valence-corrected chi connectivity index (χ2v) is 6.12. The molecule has 110 valence electrons. The lowest BCUT2D eigenvalue weighted by molar-refractivity contribution is 0.247. The maximum Gasteiger partial charge on any atom is 0.321 e. The summed E-state index contributed by atoms with van der Waals surface area (Å²) >= 11 is 15.5. The number of urea groups is 1. The largest absolute Gasteiger partial charge is 0.334 e. The van der Waals surface area contributed by atoms with Crippen LogP contribution in [0.3, 0.4) is 0 Å². The third-order valence-corrected chi connectivity index (χ3v) is 4.23. The van der Waals surface area contributed by atoms with E-state index in [1.807, 2.05) is 24.3 Å². The summed E-state index contributed by atoms with van der Waals surface area (Å²) in [6.45, 7) is 0.276. The van der Waals surface area contributed by atoms with E-state index < -0.39 is 0 Å². The summed E-state index contributed by atoms with van der Waals surface area (Å²) < 4.78 is 0.961. The fraction of sp³-hybridized carbons (Fsp3) is 0.133. The molecular formula is C15H13BrCl2N2O. The zero-order valence-corrected chi connectivity index (χ0v) is 14.3. The van der Waals surface area contributed by atoms with Gasteiger partial charge in [0.05, 0.1) is 0 Å². The molecule has 2 aromatic carbocycles. The molecule has 2 aromatic rings. The second kappa shape index (κ2) is 7.16. The molecule has 0 unspecified atom stereocenters. The Morgan fingerprint density at radius 2 is 1.71 bits per heavy atom. The summed E-state index contributed by atoms with van der Waals surface area (Å²) in [6.07, 6.45) is 0. The molecule has 6 heteroatoms. The number of nitrogens with one attached hydrogen (secondary N) is 1. The highest BCUT2D eigenvalue weighted by molar-refractivity contribution is 9.10. The van der Waals surface area contributed by atoms with Crippen LogP contribution in [0.25, 0.3) is 0 Å². The first-order valence-corrected chi connectivity index (χ1v) is 7.74. The van der Waals surface area contributed by atoms with E-state index in [1.54, 1.807) is 25.2 Å². The number of halogens is 3. The van der Waals surface area contributed by atoms with Crippen LogP contribution in [0.4, 0.5) is 10.5 Å². The zero-order chi connectivity index (χ0) is 15.4. The number of anilines is 1. The van der Waals surface area contributed by atoms with Crippen LogP contribution in [0.2, 0.25) is 10.0 Å². The standard InChI is InChI=1S/C15H13BrCl2N2O/c1-20(11-7-5-10(16)6-8-11)15(21)19-9-12-13(17)3-2-4-14(12)18/h2-8H,9H2,1H3,(H,19,21). The SMILES string of the molecule is CN(C(=O)NCc1c(Cl)cccc1Cl)c1ccc(Br)cc1. The first-order chi connectivity index (χ1) is 9.99. The lowest BCUT2D eigenvalue weighted by Gasteiger charge is -2.18. The molecule has 0 saturated carbocycles. The Hall–Kier alpha value is -1.23. The van der Waals surface area contributed by atoms with Gasteiger partial charge in [0.15, 0.2) is 0 Å². The lowest BCUT2D eigenvalue weighted by Crippen LogP contribution is -2.36. The van der Waals surface area contributed by atoms with Crippen molar-refractivity contribution in [2.45, 2.75) is 6.54 Å². The number of hydrogen-bond acceptors (Lipinski definition) is 1. The predicted octanol–water partition coefficient (Wildman–Crippen LogP) is 5.10. The van der Waals surface area contributed by atoms with Gasteiger partial charge in [-0.05, 0) is 36.4 Å². The topological polar surface area (TPSA) is 32.3 Å². The zero-order valence-electron chi connectivity index (χ0n) is 11.2. The van der Waals surface area contributed by atoms with Crippen molar-refractivity contribution in [3.05, 3.63) is 62.5 Å². The molecule has 0 aromatic heterocycles. The van der Waals surface area contributed by atoms with E-state index in [4.69, 9.17) is 23.2 Å². The number of carbonyl (C=O) groups is 1. The molecule has 0 spiro atoms. The molecule has 2 rings (SSSR count). The summed E-state index contributed by atoms with van der Waals surface area (Å²) in [7, 11) is 1.70. The Balaban J connectivity index is 2.03. The molecule has 0 atom stereocenters. The predicted molar refractivity (Wildman–Crippen MR) is 91.2 cm³/mol. The first kappa shape index (κ1) is 16.1. The van der Waals surface area contributed by atoms with Crippen molar-refractivity contribution < 1.29 is 4.79 Å². The minimum absolute atomic E-state index is 0.228. The van der Waals surface area contributed by atoms with Gasteiger partial charge in [-0.1, -0.05) is 45.2 Å². The minimum Gasteiger partial charge on any atom is -0.334 e. The Kier molecular flexibility index (Phi) is 5.51. The number of nitrogens with zero attached hydrogens (tertiary/aromatic N) is 1. The molecule has 1 N–H and O–H groups in total. The average Bonchev–Trinajstić information content (AvgIpc) is 2.46. The van der Waals surface area contributed by atoms with Crippen molar-refractivity contribution in [1.82, 2.24) is 5.32 Å². The second-order valence-electron chi connectivity index (χ2n) is 4.39. The molecule has 0 bridgehead atoms. The summed E-state index contributed by atoms with van der Waals surface area (Å²) in [5.41, 5.74) is 1.50. The molecule has 0 aliphatic carbocycles. The van der Waals surface area contributed by atoms with Gasteiger partial charge >= 0.3 is 6.03 Å². The van der Waals surface area contributed by atoms with Gasteiger partial charge in [-0.3, -0.25) is 4.90 Å². The average molecular weight is 388 g/mol. The van der Waals surface area contributed by atoms with Gasteiger partial charge in [0, 0.05) is 39.4 Å². The van der Waals surface area contributed by atoms with Crippen LogP contribution in [0.5, 0.6) is 0 Å². The number of benzene rings is 2. The van der Waals surface area contributed by atoms with Crippen LogP contribution in [-0.4, -0.2) is 13.1 Å². The van der Waals surface area contributed by atoms with Crippen LogP contribution >= 0.6 is 39.1 Å². The van der Waals surface area contributed by atoms with E-state index >= 15 is 0 Å². The van der Waals surface area contributed by atoms with Gasteiger partial charge in [-0.2, -0.15) is 0 Å². The Bertz CT molecular complexity index is 626. The van der Waals surface area contributed by atoms with Gasteiger partial charge in [0.25, 0.3) is 0 Å². The molecule has 2 amide bonds. The number of amides is 2. The lowest BCUT2D eigenvalue weighted by atomic mass is 10.2. The smallest absolute Gasteiger partial charge is 0.321 e. The maximum atomic E-state index is 12.1. The monoisotopic (exact) mass is 386 g/mol. The fourth-order valence-corrected chi connectivity index (χ4v) is 2.56. The van der Waals surface area contributed by atoms with Gasteiger partial charge in [-0.25, -0.2) is 4.79 Å². The van der Waals surface area contributed by atoms with Gasteiger partial charge in [0.2, 0.25) is 0 Å². The molecule has 0 radical (unpaired) electrons. The third-order valence-electron chi connectivity index (χ3n) is 3.00. The Morgan fingerprint density at radius 3 is 2.29 bits per heavy atom. The van der Waals surface area contributed by atoms with E-state index in [2.05, 4.69) is 21.2 Å². The highest BCUT2D eigenvalue weighted by Gasteiger charge is 2.12. The molecule has 3 nitrogen and oxygen atoms in total. The molecular weight excluding hydrogens is 375 g/mol. The van der Waals surface area contributed by atoms with Crippen molar-refractivity contribution >= 4 is 50.9 Å². The molecule has 0 aliphatic rings. The van der Waals surface area contributed by atoms with Crippen molar-refractivity contribution in [3.63, 3.8) is 0 Å². The minimum atomic E-state index is -0.228. The number of hydrogen-bond donors (Lipinski definition) is 1. The Labute approximate surface area is 142 Å². The van der Waals surface area contributed by atoms with E-state index in [0.29, 0.717) is 15.6 Å². The number of rotatable bonds is 3. The Morgan fingerprint density at radius 1 is 1.14 bits per heavy atom.